The van der Waals surface area contributed by atoms with Gasteiger partial charge >= 0.3 is 0 Å². The van der Waals surface area contributed by atoms with Crippen LogP contribution in [-0.4, -0.2) is 53.3 Å². The van der Waals surface area contributed by atoms with Crippen molar-refractivity contribution in [2.45, 2.75) is 37.5 Å². The first-order valence-corrected chi connectivity index (χ1v) is 11.6. The number of alkyl halides is 1. The molecule has 1 amide bonds. The number of anilines is 2. The van der Waals surface area contributed by atoms with E-state index in [-0.39, 0.29) is 24.6 Å². The third-order valence-corrected chi connectivity index (χ3v) is 6.85. The maximum Gasteiger partial charge on any atom is 0.260 e. The molecular formula is C25H24F2N6O2. The number of amides is 1. The van der Waals surface area contributed by atoms with Gasteiger partial charge in [-0.1, -0.05) is 6.07 Å². The van der Waals surface area contributed by atoms with Gasteiger partial charge in [-0.15, -0.1) is 0 Å². The fourth-order valence-electron chi connectivity index (χ4n) is 4.79. The average molecular weight is 479 g/mol. The summed E-state index contributed by atoms with van der Waals surface area (Å²) in [4.78, 5) is 30.5. The van der Waals surface area contributed by atoms with Gasteiger partial charge in [0, 0.05) is 35.9 Å². The number of nitrogens with two attached hydrogens (primary N) is 1. The summed E-state index contributed by atoms with van der Waals surface area (Å²) in [5.41, 5.74) is 8.31. The second kappa shape index (κ2) is 8.23. The number of carbonyl (C=O) groups is 1. The summed E-state index contributed by atoms with van der Waals surface area (Å²) in [6.45, 7) is 0.592. The lowest BCUT2D eigenvalue weighted by atomic mass is 10.0. The number of pyridine rings is 1. The lowest BCUT2D eigenvalue weighted by molar-refractivity contribution is 0.0996. The van der Waals surface area contributed by atoms with Crippen molar-refractivity contribution in [3.63, 3.8) is 0 Å². The molecule has 180 valence electrons. The number of aromatic nitrogens is 3. The van der Waals surface area contributed by atoms with Crippen molar-refractivity contribution in [1.82, 2.24) is 15.0 Å². The minimum Gasteiger partial charge on any atom is -0.496 e. The number of ether oxygens (including phenoxy) is 1. The number of rotatable bonds is 5. The lowest BCUT2D eigenvalue weighted by Gasteiger charge is -2.21. The van der Waals surface area contributed by atoms with Gasteiger partial charge in [-0.2, -0.15) is 4.98 Å². The molecule has 2 N–H and O–H groups in total. The Morgan fingerprint density at radius 2 is 2.00 bits per heavy atom. The Labute approximate surface area is 200 Å². The van der Waals surface area contributed by atoms with Crippen molar-refractivity contribution in [3.05, 3.63) is 59.2 Å². The van der Waals surface area contributed by atoms with E-state index in [0.717, 1.165) is 18.5 Å². The molecule has 3 aromatic rings. The second-order valence-corrected chi connectivity index (χ2v) is 9.20. The maximum absolute atomic E-state index is 14.9. The van der Waals surface area contributed by atoms with Gasteiger partial charge in [0.05, 0.1) is 43.2 Å². The van der Waals surface area contributed by atoms with Gasteiger partial charge in [0.2, 0.25) is 5.95 Å². The molecule has 0 unspecified atom stereocenters. The highest BCUT2D eigenvalue weighted by molar-refractivity contribution is 6.10. The lowest BCUT2D eigenvalue weighted by Crippen LogP contribution is -2.31. The number of halogens is 2. The number of hydrogen-bond acceptors (Lipinski definition) is 7. The summed E-state index contributed by atoms with van der Waals surface area (Å²) in [5.74, 6) is 0.698. The van der Waals surface area contributed by atoms with Crippen molar-refractivity contribution in [2.75, 3.05) is 30.0 Å². The average Bonchev–Trinajstić information content (AvgIpc) is 3.59. The van der Waals surface area contributed by atoms with Crippen LogP contribution in [0.25, 0.3) is 11.3 Å². The Morgan fingerprint density at radius 1 is 1.17 bits per heavy atom. The van der Waals surface area contributed by atoms with Gasteiger partial charge in [0.15, 0.2) is 0 Å². The molecule has 1 aliphatic carbocycles. The zero-order valence-electron chi connectivity index (χ0n) is 19.1. The number of carbonyl (C=O) groups excluding carboxylic acids is 1. The third kappa shape index (κ3) is 3.68. The van der Waals surface area contributed by atoms with Gasteiger partial charge in [-0.05, 0) is 31.0 Å². The van der Waals surface area contributed by atoms with E-state index in [4.69, 9.17) is 10.5 Å². The van der Waals surface area contributed by atoms with E-state index < -0.39 is 18.0 Å². The van der Waals surface area contributed by atoms with E-state index in [1.807, 2.05) is 6.07 Å². The van der Waals surface area contributed by atoms with Crippen LogP contribution >= 0.6 is 0 Å². The highest BCUT2D eigenvalue weighted by Crippen LogP contribution is 2.42. The molecule has 3 aliphatic rings. The topological polar surface area (TPSA) is 97.5 Å². The molecule has 1 saturated carbocycles. The molecule has 0 radical (unpaired) electrons. The van der Waals surface area contributed by atoms with Gasteiger partial charge in [-0.3, -0.25) is 14.7 Å². The van der Waals surface area contributed by atoms with Crippen LogP contribution in [0.4, 0.5) is 20.5 Å². The second-order valence-electron chi connectivity index (χ2n) is 9.20. The molecule has 8 nitrogen and oxygen atoms in total. The van der Waals surface area contributed by atoms with Crippen LogP contribution in [0.3, 0.4) is 0 Å². The molecule has 2 fully saturated rings. The fourth-order valence-corrected chi connectivity index (χ4v) is 4.79. The molecule has 10 heteroatoms. The molecule has 4 heterocycles. The van der Waals surface area contributed by atoms with Crippen LogP contribution in [0.15, 0.2) is 36.5 Å². The number of nitrogens with zero attached hydrogens (tertiary/aromatic N) is 5. The Kier molecular flexibility index (Phi) is 5.14. The monoisotopic (exact) mass is 478 g/mol. The Morgan fingerprint density at radius 3 is 2.71 bits per heavy atom. The summed E-state index contributed by atoms with van der Waals surface area (Å²) in [7, 11) is 1.47. The first kappa shape index (κ1) is 21.8. The molecule has 6 rings (SSSR count). The zero-order chi connectivity index (χ0) is 24.3. The van der Waals surface area contributed by atoms with Crippen LogP contribution in [-0.2, 0) is 6.54 Å². The fraction of sp³-hybridized carbons (Fsp3) is 0.360. The van der Waals surface area contributed by atoms with Crippen LogP contribution in [0, 0.1) is 5.82 Å². The highest BCUT2D eigenvalue weighted by Gasteiger charge is 2.37. The van der Waals surface area contributed by atoms with Crippen molar-refractivity contribution in [1.29, 1.82) is 0 Å². The van der Waals surface area contributed by atoms with Gasteiger partial charge in [-0.25, -0.2) is 13.8 Å². The minimum absolute atomic E-state index is 0.115. The molecule has 1 aromatic carbocycles. The van der Waals surface area contributed by atoms with Gasteiger partial charge in [0.25, 0.3) is 5.91 Å². The molecule has 0 bridgehead atoms. The van der Waals surface area contributed by atoms with Crippen LogP contribution < -0.4 is 20.3 Å². The quantitative estimate of drug-likeness (QED) is 0.601. The first-order chi connectivity index (χ1) is 16.9. The molecule has 2 aromatic heterocycles. The van der Waals surface area contributed by atoms with E-state index >= 15 is 0 Å². The minimum atomic E-state index is -1.16. The van der Waals surface area contributed by atoms with Gasteiger partial charge < -0.3 is 15.4 Å². The van der Waals surface area contributed by atoms with Crippen molar-refractivity contribution in [3.8, 4) is 17.0 Å². The Bertz CT molecular complexity index is 1320. The molecule has 1 saturated heterocycles. The first-order valence-electron chi connectivity index (χ1n) is 11.6. The molecule has 35 heavy (non-hydrogen) atoms. The zero-order valence-corrected chi connectivity index (χ0v) is 19.1. The van der Waals surface area contributed by atoms with Crippen molar-refractivity contribution < 1.29 is 18.3 Å². The van der Waals surface area contributed by atoms with Crippen LogP contribution in [0.2, 0.25) is 0 Å². The third-order valence-electron chi connectivity index (χ3n) is 6.85. The Hall–Kier alpha value is -3.66. The molecular weight excluding hydrogens is 454 g/mol. The SMILES string of the molecule is COc1cccc(F)c1-c1nccc2c1CN(c1cc(C3CC3)nc(N3C[C@@H](F)[C@@H](N)C3)n1)C2=O. The molecule has 0 spiro atoms. The Balaban J connectivity index is 1.41. The van der Waals surface area contributed by atoms with Crippen molar-refractivity contribution in [2.24, 2.45) is 5.73 Å². The largest absolute Gasteiger partial charge is 0.496 e. The number of fused-ring (bicyclic) bond motifs is 1. The number of hydrogen-bond donors (Lipinski definition) is 1. The van der Waals surface area contributed by atoms with Crippen LogP contribution in [0.5, 0.6) is 5.75 Å². The van der Waals surface area contributed by atoms with E-state index in [9.17, 15) is 13.6 Å². The smallest absolute Gasteiger partial charge is 0.260 e. The van der Waals surface area contributed by atoms with E-state index in [1.165, 1.54) is 19.4 Å². The standard InChI is InChI=1S/C25H24F2N6O2/c1-35-20-4-2-3-16(26)22(20)23-15-10-33(24(34)14(15)7-8-29-23)21-9-19(13-5-6-13)30-25(31-21)32-11-17(27)18(28)12-32/h2-4,7-9,13,17-18H,5-6,10-12,28H2,1H3/t17-,18+/m1/s1. The number of benzene rings is 1. The van der Waals surface area contributed by atoms with E-state index in [1.54, 1.807) is 28.0 Å². The van der Waals surface area contributed by atoms with Crippen LogP contribution in [0.1, 0.15) is 40.4 Å². The summed E-state index contributed by atoms with van der Waals surface area (Å²) >= 11 is 0. The normalized spacial score (nSPS) is 21.5. The molecule has 2 atom stereocenters. The van der Waals surface area contributed by atoms with Crippen molar-refractivity contribution >= 4 is 17.7 Å². The van der Waals surface area contributed by atoms with Gasteiger partial charge in [0.1, 0.15) is 23.6 Å². The predicted molar refractivity (Wildman–Crippen MR) is 126 cm³/mol. The molecule has 2 aliphatic heterocycles. The summed E-state index contributed by atoms with van der Waals surface area (Å²) in [5, 5.41) is 0. The maximum atomic E-state index is 14.9. The predicted octanol–water partition coefficient (Wildman–Crippen LogP) is 3.21. The summed E-state index contributed by atoms with van der Waals surface area (Å²) in [6, 6.07) is 7.41. The number of methoxy groups -OCH3 is 1. The summed E-state index contributed by atoms with van der Waals surface area (Å²) < 4.78 is 34.4. The highest BCUT2D eigenvalue weighted by atomic mass is 19.1. The van der Waals surface area contributed by atoms with E-state index in [2.05, 4.69) is 15.0 Å². The summed E-state index contributed by atoms with van der Waals surface area (Å²) in [6.07, 6.45) is 2.36. The van der Waals surface area contributed by atoms with E-state index in [0.29, 0.717) is 46.8 Å².